The molecule has 14 heavy (non-hydrogen) atoms. The van der Waals surface area contributed by atoms with E-state index in [0.717, 1.165) is 5.56 Å². The molecular formula is C10H16O3S. The minimum absolute atomic E-state index is 0.249. The van der Waals surface area contributed by atoms with Gasteiger partial charge in [0.1, 0.15) is 0 Å². The number of rotatable bonds is 7. The standard InChI is InChI=1S/C10H16O3S/c1-3-12-10(13-6-5-11-2)9-4-7-14-8-9/h4,7-8,10H,3,5-6H2,1-2H3. The highest BCUT2D eigenvalue weighted by Gasteiger charge is 2.11. The van der Waals surface area contributed by atoms with Gasteiger partial charge in [-0.1, -0.05) is 0 Å². The molecule has 0 N–H and O–H groups in total. The molecule has 1 unspecified atom stereocenters. The lowest BCUT2D eigenvalue weighted by Crippen LogP contribution is -2.11. The van der Waals surface area contributed by atoms with Gasteiger partial charge in [-0.3, -0.25) is 0 Å². The molecule has 1 aromatic heterocycles. The van der Waals surface area contributed by atoms with E-state index in [1.54, 1.807) is 18.4 Å². The maximum atomic E-state index is 5.53. The third kappa shape index (κ3) is 3.75. The van der Waals surface area contributed by atoms with Crippen LogP contribution in [0.15, 0.2) is 16.8 Å². The van der Waals surface area contributed by atoms with Gasteiger partial charge in [0, 0.05) is 19.3 Å². The Hall–Kier alpha value is -0.420. The highest BCUT2D eigenvalue weighted by molar-refractivity contribution is 7.07. The van der Waals surface area contributed by atoms with Crippen LogP contribution in [0.4, 0.5) is 0 Å². The first kappa shape index (κ1) is 11.7. The average molecular weight is 216 g/mol. The first-order valence-corrected chi connectivity index (χ1v) is 5.57. The van der Waals surface area contributed by atoms with E-state index < -0.39 is 0 Å². The van der Waals surface area contributed by atoms with E-state index in [1.807, 2.05) is 23.8 Å². The first-order valence-electron chi connectivity index (χ1n) is 4.62. The molecule has 80 valence electrons. The van der Waals surface area contributed by atoms with Gasteiger partial charge in [-0.15, -0.1) is 0 Å². The maximum Gasteiger partial charge on any atom is 0.184 e. The minimum Gasteiger partial charge on any atom is -0.382 e. The van der Waals surface area contributed by atoms with Crippen LogP contribution in [0.25, 0.3) is 0 Å². The first-order chi connectivity index (χ1) is 6.88. The van der Waals surface area contributed by atoms with Gasteiger partial charge in [-0.05, 0) is 23.8 Å². The molecular weight excluding hydrogens is 200 g/mol. The molecule has 0 aliphatic heterocycles. The molecule has 4 heteroatoms. The van der Waals surface area contributed by atoms with Gasteiger partial charge in [0.05, 0.1) is 13.2 Å². The molecule has 3 nitrogen and oxygen atoms in total. The Morgan fingerprint density at radius 3 is 2.79 bits per heavy atom. The van der Waals surface area contributed by atoms with Crippen LogP contribution < -0.4 is 0 Å². The lowest BCUT2D eigenvalue weighted by molar-refractivity contribution is -0.150. The predicted octanol–water partition coefficient (Wildman–Crippen LogP) is 2.45. The number of hydrogen-bond donors (Lipinski definition) is 0. The zero-order chi connectivity index (χ0) is 10.2. The number of thiophene rings is 1. The molecule has 0 radical (unpaired) electrons. The molecule has 0 aliphatic rings. The van der Waals surface area contributed by atoms with Crippen LogP contribution in [0, 0.1) is 0 Å². The average Bonchev–Trinajstić information content (AvgIpc) is 2.70. The zero-order valence-electron chi connectivity index (χ0n) is 8.56. The second-order valence-corrected chi connectivity index (χ2v) is 3.49. The van der Waals surface area contributed by atoms with E-state index in [4.69, 9.17) is 14.2 Å². The molecule has 0 aromatic carbocycles. The van der Waals surface area contributed by atoms with Crippen molar-refractivity contribution in [3.8, 4) is 0 Å². The Balaban J connectivity index is 2.39. The van der Waals surface area contributed by atoms with E-state index in [2.05, 4.69) is 0 Å². The summed E-state index contributed by atoms with van der Waals surface area (Å²) in [5, 5.41) is 4.05. The maximum absolute atomic E-state index is 5.53. The van der Waals surface area contributed by atoms with Gasteiger partial charge in [0.25, 0.3) is 0 Å². The van der Waals surface area contributed by atoms with Crippen molar-refractivity contribution < 1.29 is 14.2 Å². The van der Waals surface area contributed by atoms with Gasteiger partial charge in [-0.2, -0.15) is 11.3 Å². The number of methoxy groups -OCH3 is 1. The van der Waals surface area contributed by atoms with Gasteiger partial charge >= 0.3 is 0 Å². The Morgan fingerprint density at radius 2 is 2.21 bits per heavy atom. The molecule has 1 aromatic rings. The molecule has 0 spiro atoms. The summed E-state index contributed by atoms with van der Waals surface area (Å²) in [6.07, 6.45) is -0.249. The number of hydrogen-bond acceptors (Lipinski definition) is 4. The summed E-state index contributed by atoms with van der Waals surface area (Å²) >= 11 is 1.64. The van der Waals surface area contributed by atoms with Crippen molar-refractivity contribution in [3.63, 3.8) is 0 Å². The molecule has 1 rings (SSSR count). The topological polar surface area (TPSA) is 27.7 Å². The summed E-state index contributed by atoms with van der Waals surface area (Å²) < 4.78 is 15.9. The van der Waals surface area contributed by atoms with Crippen LogP contribution >= 0.6 is 11.3 Å². The normalized spacial score (nSPS) is 13.0. The van der Waals surface area contributed by atoms with Gasteiger partial charge < -0.3 is 14.2 Å². The SMILES string of the molecule is CCOC(OCCOC)c1ccsc1. The summed E-state index contributed by atoms with van der Waals surface area (Å²) in [4.78, 5) is 0. The van der Waals surface area contributed by atoms with E-state index >= 15 is 0 Å². The molecule has 0 amide bonds. The van der Waals surface area contributed by atoms with Crippen molar-refractivity contribution in [2.24, 2.45) is 0 Å². The summed E-state index contributed by atoms with van der Waals surface area (Å²) in [7, 11) is 1.66. The third-order valence-corrected chi connectivity index (χ3v) is 2.39. The van der Waals surface area contributed by atoms with Crippen LogP contribution in [0.3, 0.4) is 0 Å². The second-order valence-electron chi connectivity index (χ2n) is 2.71. The summed E-state index contributed by atoms with van der Waals surface area (Å²) in [5.74, 6) is 0. The second kappa shape index (κ2) is 6.95. The molecule has 1 atom stereocenters. The molecule has 0 fully saturated rings. The van der Waals surface area contributed by atoms with E-state index in [0.29, 0.717) is 19.8 Å². The summed E-state index contributed by atoms with van der Waals surface area (Å²) in [6, 6.07) is 2.01. The van der Waals surface area contributed by atoms with E-state index in [9.17, 15) is 0 Å². The van der Waals surface area contributed by atoms with Crippen molar-refractivity contribution in [1.82, 2.24) is 0 Å². The molecule has 0 aliphatic carbocycles. The predicted molar refractivity (Wildman–Crippen MR) is 56.5 cm³/mol. The van der Waals surface area contributed by atoms with Crippen molar-refractivity contribution in [1.29, 1.82) is 0 Å². The van der Waals surface area contributed by atoms with E-state index in [-0.39, 0.29) is 6.29 Å². The Morgan fingerprint density at radius 1 is 1.36 bits per heavy atom. The lowest BCUT2D eigenvalue weighted by Gasteiger charge is -2.16. The Labute approximate surface area is 88.6 Å². The van der Waals surface area contributed by atoms with Crippen LogP contribution in [0.1, 0.15) is 18.8 Å². The van der Waals surface area contributed by atoms with Gasteiger partial charge in [0.2, 0.25) is 0 Å². The van der Waals surface area contributed by atoms with Gasteiger partial charge in [0.15, 0.2) is 6.29 Å². The summed E-state index contributed by atoms with van der Waals surface area (Å²) in [5.41, 5.74) is 1.08. The number of ether oxygens (including phenoxy) is 3. The Bertz CT molecular complexity index is 223. The van der Waals surface area contributed by atoms with Crippen molar-refractivity contribution >= 4 is 11.3 Å². The molecule has 0 saturated carbocycles. The van der Waals surface area contributed by atoms with Crippen LogP contribution in [-0.4, -0.2) is 26.9 Å². The van der Waals surface area contributed by atoms with Crippen molar-refractivity contribution in [2.45, 2.75) is 13.2 Å². The monoisotopic (exact) mass is 216 g/mol. The highest BCUT2D eigenvalue weighted by atomic mass is 32.1. The van der Waals surface area contributed by atoms with Crippen molar-refractivity contribution in [3.05, 3.63) is 22.4 Å². The van der Waals surface area contributed by atoms with Crippen LogP contribution in [0.5, 0.6) is 0 Å². The molecule has 1 heterocycles. The minimum atomic E-state index is -0.249. The molecule has 0 bridgehead atoms. The molecule has 0 saturated heterocycles. The lowest BCUT2D eigenvalue weighted by atomic mass is 10.3. The van der Waals surface area contributed by atoms with Crippen molar-refractivity contribution in [2.75, 3.05) is 26.9 Å². The zero-order valence-corrected chi connectivity index (χ0v) is 9.38. The van der Waals surface area contributed by atoms with Crippen LogP contribution in [0.2, 0.25) is 0 Å². The third-order valence-electron chi connectivity index (χ3n) is 1.69. The Kier molecular flexibility index (Phi) is 5.78. The van der Waals surface area contributed by atoms with E-state index in [1.165, 1.54) is 0 Å². The quantitative estimate of drug-likeness (QED) is 0.517. The summed E-state index contributed by atoms with van der Waals surface area (Å²) in [6.45, 7) is 3.75. The highest BCUT2D eigenvalue weighted by Crippen LogP contribution is 2.21. The van der Waals surface area contributed by atoms with Gasteiger partial charge in [-0.25, -0.2) is 0 Å². The van der Waals surface area contributed by atoms with Crippen LogP contribution in [-0.2, 0) is 14.2 Å². The fourth-order valence-corrected chi connectivity index (χ4v) is 1.70. The fraction of sp³-hybridized carbons (Fsp3) is 0.600. The largest absolute Gasteiger partial charge is 0.382 e. The smallest absolute Gasteiger partial charge is 0.184 e. The fourth-order valence-electron chi connectivity index (χ4n) is 1.04.